The molecule has 0 unspecified atom stereocenters. The van der Waals surface area contributed by atoms with Gasteiger partial charge < -0.3 is 14.8 Å². The van der Waals surface area contributed by atoms with Crippen LogP contribution in [-0.2, 0) is 0 Å². The minimum absolute atomic E-state index is 0.0609. The van der Waals surface area contributed by atoms with Gasteiger partial charge in [0.2, 0.25) is 0 Å². The van der Waals surface area contributed by atoms with Crippen LogP contribution in [0, 0.1) is 10.1 Å². The Morgan fingerprint density at radius 1 is 1.13 bits per heavy atom. The highest BCUT2D eigenvalue weighted by Crippen LogP contribution is 2.32. The van der Waals surface area contributed by atoms with Crippen molar-refractivity contribution in [1.82, 2.24) is 0 Å². The SMILES string of the molecule is O=C(Nc1ccc([N+](=O)[O-])cc1Br)c1ccc2c(c1)OCCO2. The van der Waals surface area contributed by atoms with Gasteiger partial charge in [-0.15, -0.1) is 0 Å². The molecule has 0 saturated heterocycles. The molecule has 0 spiro atoms. The highest BCUT2D eigenvalue weighted by atomic mass is 79.9. The maximum atomic E-state index is 12.3. The van der Waals surface area contributed by atoms with Gasteiger partial charge in [-0.05, 0) is 40.2 Å². The van der Waals surface area contributed by atoms with Crippen molar-refractivity contribution in [2.45, 2.75) is 0 Å². The van der Waals surface area contributed by atoms with E-state index in [-0.39, 0.29) is 11.6 Å². The summed E-state index contributed by atoms with van der Waals surface area (Å²) >= 11 is 3.21. The minimum atomic E-state index is -0.503. The first-order chi connectivity index (χ1) is 11.0. The van der Waals surface area contributed by atoms with Crippen molar-refractivity contribution in [3.63, 3.8) is 0 Å². The lowest BCUT2D eigenvalue weighted by Crippen LogP contribution is -2.17. The van der Waals surface area contributed by atoms with Gasteiger partial charge in [-0.2, -0.15) is 0 Å². The second-order valence-corrected chi connectivity index (χ2v) is 5.59. The summed E-state index contributed by atoms with van der Waals surface area (Å²) in [5.41, 5.74) is 0.782. The van der Waals surface area contributed by atoms with Gasteiger partial charge in [0.1, 0.15) is 13.2 Å². The Hall–Kier alpha value is -2.61. The summed E-state index contributed by atoms with van der Waals surface area (Å²) in [7, 11) is 0. The van der Waals surface area contributed by atoms with E-state index in [9.17, 15) is 14.9 Å². The number of rotatable bonds is 3. The molecule has 0 saturated carbocycles. The number of nitro benzene ring substituents is 1. The number of nitro groups is 1. The highest BCUT2D eigenvalue weighted by Gasteiger charge is 2.16. The molecule has 1 amide bonds. The maximum Gasteiger partial charge on any atom is 0.270 e. The molecule has 1 aliphatic rings. The Bertz CT molecular complexity index is 793. The molecule has 1 heterocycles. The van der Waals surface area contributed by atoms with Gasteiger partial charge in [-0.25, -0.2) is 0 Å². The fourth-order valence-electron chi connectivity index (χ4n) is 2.10. The van der Waals surface area contributed by atoms with Crippen LogP contribution >= 0.6 is 15.9 Å². The van der Waals surface area contributed by atoms with E-state index in [4.69, 9.17) is 9.47 Å². The molecule has 0 aromatic heterocycles. The van der Waals surface area contributed by atoms with E-state index < -0.39 is 4.92 Å². The van der Waals surface area contributed by atoms with Gasteiger partial charge in [0.05, 0.1) is 10.6 Å². The number of halogens is 1. The molecule has 7 nitrogen and oxygen atoms in total. The van der Waals surface area contributed by atoms with Crippen molar-refractivity contribution in [1.29, 1.82) is 0 Å². The number of fused-ring (bicyclic) bond motifs is 1. The van der Waals surface area contributed by atoms with Gasteiger partial charge in [0.25, 0.3) is 11.6 Å². The van der Waals surface area contributed by atoms with Crippen LogP contribution in [-0.4, -0.2) is 24.0 Å². The molecule has 1 aliphatic heterocycles. The first-order valence-electron chi connectivity index (χ1n) is 6.69. The number of anilines is 1. The zero-order valence-electron chi connectivity index (χ0n) is 11.7. The molecule has 8 heteroatoms. The van der Waals surface area contributed by atoms with Crippen LogP contribution in [0.3, 0.4) is 0 Å². The van der Waals surface area contributed by atoms with E-state index in [0.717, 1.165) is 0 Å². The molecular formula is C15H11BrN2O5. The maximum absolute atomic E-state index is 12.3. The van der Waals surface area contributed by atoms with Crippen molar-refractivity contribution in [3.05, 3.63) is 56.5 Å². The molecule has 0 radical (unpaired) electrons. The van der Waals surface area contributed by atoms with Crippen LogP contribution in [0.4, 0.5) is 11.4 Å². The lowest BCUT2D eigenvalue weighted by Gasteiger charge is -2.18. The van der Waals surface area contributed by atoms with Crippen LogP contribution in [0.15, 0.2) is 40.9 Å². The zero-order valence-corrected chi connectivity index (χ0v) is 13.3. The predicted octanol–water partition coefficient (Wildman–Crippen LogP) is 3.38. The summed E-state index contributed by atoms with van der Waals surface area (Å²) in [6, 6.07) is 9.03. The van der Waals surface area contributed by atoms with Crippen LogP contribution in [0.25, 0.3) is 0 Å². The number of hydrogen-bond acceptors (Lipinski definition) is 5. The number of hydrogen-bond donors (Lipinski definition) is 1. The van der Waals surface area contributed by atoms with Crippen molar-refractivity contribution >= 4 is 33.2 Å². The smallest absolute Gasteiger partial charge is 0.270 e. The summed E-state index contributed by atoms with van der Waals surface area (Å²) in [6.45, 7) is 0.917. The van der Waals surface area contributed by atoms with Gasteiger partial charge in [-0.3, -0.25) is 14.9 Å². The number of nitrogens with one attached hydrogen (secondary N) is 1. The van der Waals surface area contributed by atoms with Gasteiger partial charge in [0, 0.05) is 22.2 Å². The van der Waals surface area contributed by atoms with Crippen LogP contribution in [0.5, 0.6) is 11.5 Å². The Balaban J connectivity index is 1.80. The fraction of sp³-hybridized carbons (Fsp3) is 0.133. The standard InChI is InChI=1S/C15H11BrN2O5/c16-11-8-10(18(20)21)2-3-12(11)17-15(19)9-1-4-13-14(7-9)23-6-5-22-13/h1-4,7-8H,5-6H2,(H,17,19). The molecule has 3 rings (SSSR count). The van der Waals surface area contributed by atoms with Crippen LogP contribution in [0.2, 0.25) is 0 Å². The largest absolute Gasteiger partial charge is 0.486 e. The highest BCUT2D eigenvalue weighted by molar-refractivity contribution is 9.10. The number of benzene rings is 2. The number of non-ortho nitro benzene ring substituents is 1. The molecule has 0 aliphatic carbocycles. The second kappa shape index (κ2) is 6.25. The summed E-state index contributed by atoms with van der Waals surface area (Å²) in [6.07, 6.45) is 0. The topological polar surface area (TPSA) is 90.7 Å². The van der Waals surface area contributed by atoms with Gasteiger partial charge >= 0.3 is 0 Å². The molecule has 118 valence electrons. The number of carbonyl (C=O) groups is 1. The van der Waals surface area contributed by atoms with E-state index in [2.05, 4.69) is 21.2 Å². The molecular weight excluding hydrogens is 368 g/mol. The monoisotopic (exact) mass is 378 g/mol. The van der Waals surface area contributed by atoms with E-state index in [1.54, 1.807) is 18.2 Å². The van der Waals surface area contributed by atoms with Gasteiger partial charge in [0.15, 0.2) is 11.5 Å². The predicted molar refractivity (Wildman–Crippen MR) is 86.2 cm³/mol. The summed E-state index contributed by atoms with van der Waals surface area (Å²) in [4.78, 5) is 22.5. The van der Waals surface area contributed by atoms with Crippen LogP contribution in [0.1, 0.15) is 10.4 Å². The van der Waals surface area contributed by atoms with E-state index in [1.807, 2.05) is 0 Å². The lowest BCUT2D eigenvalue weighted by atomic mass is 10.1. The first-order valence-corrected chi connectivity index (χ1v) is 7.49. The summed E-state index contributed by atoms with van der Waals surface area (Å²) in [5.74, 6) is 0.771. The molecule has 23 heavy (non-hydrogen) atoms. The Morgan fingerprint density at radius 3 is 2.57 bits per heavy atom. The number of nitrogens with zero attached hydrogens (tertiary/aromatic N) is 1. The number of carbonyl (C=O) groups excluding carboxylic acids is 1. The third-order valence-corrected chi connectivity index (χ3v) is 3.87. The molecule has 1 N–H and O–H groups in total. The van der Waals surface area contributed by atoms with Crippen LogP contribution < -0.4 is 14.8 Å². The minimum Gasteiger partial charge on any atom is -0.486 e. The normalized spacial score (nSPS) is 12.6. The van der Waals surface area contributed by atoms with Gasteiger partial charge in [-0.1, -0.05) is 0 Å². The summed E-state index contributed by atoms with van der Waals surface area (Å²) < 4.78 is 11.3. The van der Waals surface area contributed by atoms with E-state index in [1.165, 1.54) is 18.2 Å². The van der Waals surface area contributed by atoms with E-state index >= 15 is 0 Å². The average Bonchev–Trinajstić information content (AvgIpc) is 2.56. The van der Waals surface area contributed by atoms with Crippen molar-refractivity contribution in [2.24, 2.45) is 0 Å². The summed E-state index contributed by atoms with van der Waals surface area (Å²) in [5, 5.41) is 13.4. The van der Waals surface area contributed by atoms with Crippen molar-refractivity contribution in [3.8, 4) is 11.5 Å². The Labute approximate surface area is 139 Å². The lowest BCUT2D eigenvalue weighted by molar-refractivity contribution is -0.384. The Kier molecular flexibility index (Phi) is 4.16. The number of ether oxygens (including phenoxy) is 2. The Morgan fingerprint density at radius 2 is 1.87 bits per heavy atom. The molecule has 2 aromatic carbocycles. The van der Waals surface area contributed by atoms with Crippen molar-refractivity contribution < 1.29 is 19.2 Å². The van der Waals surface area contributed by atoms with Crippen molar-refractivity contribution in [2.75, 3.05) is 18.5 Å². The van der Waals surface area contributed by atoms with E-state index in [0.29, 0.717) is 40.4 Å². The molecule has 2 aromatic rings. The third-order valence-electron chi connectivity index (χ3n) is 3.22. The second-order valence-electron chi connectivity index (χ2n) is 4.73. The number of amides is 1. The quantitative estimate of drug-likeness (QED) is 0.652. The fourth-order valence-corrected chi connectivity index (χ4v) is 2.56. The molecule has 0 bridgehead atoms. The first kappa shape index (κ1) is 15.3. The molecule has 0 atom stereocenters. The third kappa shape index (κ3) is 3.26. The average molecular weight is 379 g/mol. The molecule has 0 fully saturated rings. The zero-order chi connectivity index (χ0) is 16.4.